The highest BCUT2D eigenvalue weighted by molar-refractivity contribution is 8.59. The Morgan fingerprint density at radius 3 is 2.50 bits per heavy atom. The van der Waals surface area contributed by atoms with E-state index in [1.807, 2.05) is 0 Å². The average Bonchev–Trinajstić information content (AvgIpc) is 2.01. The summed E-state index contributed by atoms with van der Waals surface area (Å²) >= 11 is 3.17. The Hall–Kier alpha value is -0.360. The van der Waals surface area contributed by atoms with Crippen LogP contribution in [-0.2, 0) is 21.2 Å². The van der Waals surface area contributed by atoms with E-state index in [0.29, 0.717) is 5.75 Å². The molecule has 2 amide bonds. The summed E-state index contributed by atoms with van der Waals surface area (Å²) in [6.45, 7) is 1.38. The van der Waals surface area contributed by atoms with Crippen molar-refractivity contribution in [2.24, 2.45) is 0 Å². The van der Waals surface area contributed by atoms with Crippen LogP contribution >= 0.6 is 10.8 Å². The van der Waals surface area contributed by atoms with Crippen molar-refractivity contribution in [3.63, 3.8) is 0 Å². The number of hydrogen-bond acceptors (Lipinski definition) is 3. The quantitative estimate of drug-likeness (QED) is 0.456. The molecule has 6 heteroatoms. The second-order valence-corrected chi connectivity index (χ2v) is 3.67. The minimum atomic E-state index is -0.463. The van der Waals surface area contributed by atoms with Crippen molar-refractivity contribution in [1.82, 2.24) is 10.6 Å². The van der Waals surface area contributed by atoms with Crippen molar-refractivity contribution in [1.29, 1.82) is 0 Å². The van der Waals surface area contributed by atoms with Crippen molar-refractivity contribution >= 4 is 34.3 Å². The van der Waals surface area contributed by atoms with E-state index in [9.17, 15) is 9.59 Å². The maximum Gasteiger partial charge on any atom is 0.243 e. The van der Waals surface area contributed by atoms with Crippen molar-refractivity contribution in [2.45, 2.75) is 13.0 Å². The molecule has 1 atom stereocenters. The van der Waals surface area contributed by atoms with E-state index >= 15 is 0 Å². The van der Waals surface area contributed by atoms with Gasteiger partial charge in [0.05, 0.1) is 16.5 Å². The summed E-state index contributed by atoms with van der Waals surface area (Å²) in [6, 6.07) is -0.463. The van der Waals surface area contributed by atoms with Crippen LogP contribution < -0.4 is 10.6 Å². The molecule has 0 aromatic carbocycles. The van der Waals surface area contributed by atoms with Gasteiger partial charge in [0.2, 0.25) is 11.8 Å². The lowest BCUT2D eigenvalue weighted by Gasteiger charge is -2.12. The number of rotatable bonds is 4. The molecule has 12 heavy (non-hydrogen) atoms. The van der Waals surface area contributed by atoms with Gasteiger partial charge in [-0.3, -0.25) is 9.59 Å². The first-order valence-corrected chi connectivity index (χ1v) is 5.60. The molecule has 0 spiro atoms. The Balaban J connectivity index is 4.02. The molecule has 70 valence electrons. The lowest BCUT2D eigenvalue weighted by Crippen LogP contribution is -2.46. The molecule has 0 aliphatic heterocycles. The first-order valence-electron chi connectivity index (χ1n) is 3.39. The summed E-state index contributed by atoms with van der Waals surface area (Å²) in [5.41, 5.74) is 0. The Morgan fingerprint density at radius 1 is 1.58 bits per heavy atom. The first-order chi connectivity index (χ1) is 5.61. The van der Waals surface area contributed by atoms with Crippen LogP contribution in [-0.4, -0.2) is 30.7 Å². The van der Waals surface area contributed by atoms with E-state index in [2.05, 4.69) is 22.3 Å². The lowest BCUT2D eigenvalue weighted by molar-refractivity contribution is -0.127. The van der Waals surface area contributed by atoms with Gasteiger partial charge in [-0.15, -0.1) is 0 Å². The van der Waals surface area contributed by atoms with Crippen LogP contribution in [0.2, 0.25) is 0 Å². The first kappa shape index (κ1) is 11.6. The fraction of sp³-hybridized carbons (Fsp3) is 0.667. The molecule has 1 unspecified atom stereocenters. The molecule has 0 radical (unpaired) electrons. The molecule has 0 heterocycles. The minimum absolute atomic E-state index is 0.184. The molecule has 0 fully saturated rings. The molecule has 0 saturated heterocycles. The standard InChI is InChI=1S/C6H12N2O2S2/c1-4(9)8-5(3-12-11)6(10)7-2/h5,11H,3H2,1-2H3,(H,7,10)(H,8,9)/p+1. The maximum absolute atomic E-state index is 11.1. The summed E-state index contributed by atoms with van der Waals surface area (Å²) in [6.07, 6.45) is 0. The van der Waals surface area contributed by atoms with E-state index < -0.39 is 6.04 Å². The third-order valence-corrected chi connectivity index (χ3v) is 2.19. The third kappa shape index (κ3) is 4.50. The number of carbonyl (C=O) groups excluding carboxylic acids is 2. The van der Waals surface area contributed by atoms with Crippen molar-refractivity contribution in [2.75, 3.05) is 12.8 Å². The Labute approximate surface area is 80.7 Å². The van der Waals surface area contributed by atoms with Gasteiger partial charge in [0, 0.05) is 25.6 Å². The zero-order valence-electron chi connectivity index (χ0n) is 7.01. The third-order valence-electron chi connectivity index (χ3n) is 1.19. The fourth-order valence-corrected chi connectivity index (χ4v) is 1.59. The zero-order valence-corrected chi connectivity index (χ0v) is 8.83. The van der Waals surface area contributed by atoms with Crippen molar-refractivity contribution in [3.05, 3.63) is 0 Å². The predicted molar refractivity (Wildman–Crippen MR) is 54.3 cm³/mol. The SMILES string of the molecule is CNC(=O)C(CS[SH2+])NC(C)=O. The lowest BCUT2D eigenvalue weighted by atomic mass is 10.3. The molecule has 2 N–H and O–H groups in total. The van der Waals surface area contributed by atoms with Gasteiger partial charge in [-0.2, -0.15) is 0 Å². The van der Waals surface area contributed by atoms with Gasteiger partial charge in [0.1, 0.15) is 6.04 Å². The highest BCUT2D eigenvalue weighted by Gasteiger charge is 2.18. The van der Waals surface area contributed by atoms with E-state index in [-0.39, 0.29) is 11.8 Å². The number of carbonyl (C=O) groups is 2. The summed E-state index contributed by atoms with van der Waals surface area (Å²) in [7, 11) is 2.86. The molecule has 0 rings (SSSR count). The van der Waals surface area contributed by atoms with Crippen molar-refractivity contribution < 1.29 is 9.59 Å². The molecule has 0 saturated carbocycles. The Morgan fingerprint density at radius 2 is 2.17 bits per heavy atom. The summed E-state index contributed by atoms with van der Waals surface area (Å²) in [5, 5.41) is 5.00. The van der Waals surface area contributed by atoms with Gasteiger partial charge in [-0.1, -0.05) is 0 Å². The van der Waals surface area contributed by atoms with Gasteiger partial charge in [0.15, 0.2) is 0 Å². The van der Waals surface area contributed by atoms with Crippen LogP contribution in [0.25, 0.3) is 0 Å². The van der Waals surface area contributed by atoms with E-state index in [4.69, 9.17) is 0 Å². The molecule has 4 nitrogen and oxygen atoms in total. The summed E-state index contributed by atoms with van der Waals surface area (Å²) in [4.78, 5) is 21.7. The van der Waals surface area contributed by atoms with Crippen LogP contribution in [0.5, 0.6) is 0 Å². The minimum Gasteiger partial charge on any atom is -0.357 e. The molecule has 0 aromatic rings. The molecular formula is C6H13N2O2S2+. The summed E-state index contributed by atoms with van der Waals surface area (Å²) in [5.74, 6) is 0.121. The zero-order chi connectivity index (χ0) is 9.56. The second-order valence-electron chi connectivity index (χ2n) is 2.18. The molecule has 0 aliphatic carbocycles. The maximum atomic E-state index is 11.1. The highest BCUT2D eigenvalue weighted by atomic mass is 33.1. The van der Waals surface area contributed by atoms with Gasteiger partial charge >= 0.3 is 0 Å². The Kier molecular flexibility index (Phi) is 6.00. The second kappa shape index (κ2) is 6.19. The average molecular weight is 209 g/mol. The number of likely N-dealkylation sites (N-methyl/N-ethyl adjacent to an activating group) is 1. The molecular weight excluding hydrogens is 196 g/mol. The smallest absolute Gasteiger partial charge is 0.243 e. The van der Waals surface area contributed by atoms with E-state index in [1.165, 1.54) is 24.8 Å². The van der Waals surface area contributed by atoms with Gasteiger partial charge < -0.3 is 10.6 Å². The van der Waals surface area contributed by atoms with Crippen LogP contribution in [0.15, 0.2) is 0 Å². The number of hydrogen-bond donors (Lipinski definition) is 2. The predicted octanol–water partition coefficient (Wildman–Crippen LogP) is -1.10. The van der Waals surface area contributed by atoms with Gasteiger partial charge in [-0.25, -0.2) is 0 Å². The normalized spacial score (nSPS) is 11.9. The van der Waals surface area contributed by atoms with Crippen LogP contribution in [0.3, 0.4) is 0 Å². The van der Waals surface area contributed by atoms with Crippen LogP contribution in [0.4, 0.5) is 0 Å². The molecule has 0 aromatic heterocycles. The van der Waals surface area contributed by atoms with Crippen molar-refractivity contribution in [3.8, 4) is 0 Å². The van der Waals surface area contributed by atoms with E-state index in [1.54, 1.807) is 0 Å². The van der Waals surface area contributed by atoms with Crippen LogP contribution in [0, 0.1) is 0 Å². The van der Waals surface area contributed by atoms with Gasteiger partial charge in [0.25, 0.3) is 0 Å². The fourth-order valence-electron chi connectivity index (χ4n) is 0.686. The monoisotopic (exact) mass is 209 g/mol. The van der Waals surface area contributed by atoms with Crippen LogP contribution in [0.1, 0.15) is 6.92 Å². The summed E-state index contributed by atoms with van der Waals surface area (Å²) < 4.78 is 0. The largest absolute Gasteiger partial charge is 0.357 e. The molecule has 0 bridgehead atoms. The van der Waals surface area contributed by atoms with Gasteiger partial charge in [-0.05, 0) is 0 Å². The number of amides is 2. The topological polar surface area (TPSA) is 58.2 Å². The molecule has 0 aliphatic rings. The Bertz CT molecular complexity index is 175. The van der Waals surface area contributed by atoms with E-state index in [0.717, 1.165) is 0 Å². The highest BCUT2D eigenvalue weighted by Crippen LogP contribution is 1.98. The number of nitrogens with one attached hydrogen (secondary N) is 2.